The van der Waals surface area contributed by atoms with Crippen LogP contribution in [0.2, 0.25) is 0 Å². The van der Waals surface area contributed by atoms with E-state index in [1.54, 1.807) is 12.4 Å². The molecule has 6 heteroatoms. The third-order valence-electron chi connectivity index (χ3n) is 6.89. The molecule has 1 N–H and O–H groups in total. The first-order chi connectivity index (χ1) is 18.7. The predicted octanol–water partition coefficient (Wildman–Crippen LogP) is 6.77. The van der Waals surface area contributed by atoms with Gasteiger partial charge in [-0.3, -0.25) is 4.98 Å². The fourth-order valence-electron chi connectivity index (χ4n) is 4.88. The summed E-state index contributed by atoms with van der Waals surface area (Å²) >= 11 is 0. The fourth-order valence-corrected chi connectivity index (χ4v) is 4.88. The highest BCUT2D eigenvalue weighted by atomic mass is 16.2. The van der Waals surface area contributed by atoms with Crippen LogP contribution in [0, 0.1) is 6.92 Å². The van der Waals surface area contributed by atoms with E-state index in [-0.39, 0.29) is 6.03 Å². The smallest absolute Gasteiger partial charge is 0.320 e. The van der Waals surface area contributed by atoms with E-state index in [1.165, 1.54) is 0 Å². The lowest BCUT2D eigenvalue weighted by Gasteiger charge is -2.30. The van der Waals surface area contributed by atoms with Gasteiger partial charge in [0.05, 0.1) is 17.9 Å². The number of fused-ring (bicyclic) bond motifs is 1. The molecule has 1 aliphatic rings. The number of benzene rings is 3. The Kier molecular flexibility index (Phi) is 6.36. The summed E-state index contributed by atoms with van der Waals surface area (Å²) in [7, 11) is 0. The van der Waals surface area contributed by atoms with Crippen molar-refractivity contribution < 1.29 is 4.79 Å². The minimum Gasteiger partial charge on any atom is -0.320 e. The molecule has 0 fully saturated rings. The Balaban J connectivity index is 1.31. The summed E-state index contributed by atoms with van der Waals surface area (Å²) < 4.78 is 0. The second-order valence-corrected chi connectivity index (χ2v) is 9.43. The van der Waals surface area contributed by atoms with E-state index in [2.05, 4.69) is 41.5 Å². The average molecular weight is 498 g/mol. The standard InChI is InChI=1S/C32H27N5O/c1-22-9-5-6-15-27(22)30-28-21-37(18-16-29(28)35-31(36-30)25-13-8-17-33-20-25)32(38)34-26-14-7-12-24(19-26)23-10-3-2-4-11-23/h2-15,17,19-20H,16,18,21H2,1H3,(H,34,38). The number of carbonyl (C=O) groups excluding carboxylic acids is 1. The summed E-state index contributed by atoms with van der Waals surface area (Å²) in [6.07, 6.45) is 4.19. The third kappa shape index (κ3) is 4.76. The van der Waals surface area contributed by atoms with Crippen molar-refractivity contribution >= 4 is 11.7 Å². The van der Waals surface area contributed by atoms with Gasteiger partial charge < -0.3 is 10.2 Å². The van der Waals surface area contributed by atoms with Crippen molar-refractivity contribution in [2.45, 2.75) is 19.9 Å². The lowest BCUT2D eigenvalue weighted by molar-refractivity contribution is 0.206. The zero-order chi connectivity index (χ0) is 25.9. The largest absolute Gasteiger partial charge is 0.322 e. The Hall–Kier alpha value is -4.84. The van der Waals surface area contributed by atoms with Crippen molar-refractivity contribution in [1.29, 1.82) is 0 Å². The van der Waals surface area contributed by atoms with Crippen LogP contribution in [-0.2, 0) is 13.0 Å². The maximum Gasteiger partial charge on any atom is 0.322 e. The number of nitrogens with one attached hydrogen (secondary N) is 1. The van der Waals surface area contributed by atoms with Gasteiger partial charge in [-0.15, -0.1) is 0 Å². The third-order valence-corrected chi connectivity index (χ3v) is 6.89. The summed E-state index contributed by atoms with van der Waals surface area (Å²) in [6, 6.07) is 30.0. The van der Waals surface area contributed by atoms with E-state index < -0.39 is 0 Å². The van der Waals surface area contributed by atoms with Gasteiger partial charge >= 0.3 is 6.03 Å². The van der Waals surface area contributed by atoms with Crippen molar-refractivity contribution in [2.75, 3.05) is 11.9 Å². The monoisotopic (exact) mass is 497 g/mol. The Morgan fingerprint density at radius 3 is 2.45 bits per heavy atom. The van der Waals surface area contributed by atoms with Crippen LogP contribution in [0.4, 0.5) is 10.5 Å². The quantitative estimate of drug-likeness (QED) is 0.297. The second kappa shape index (κ2) is 10.3. The van der Waals surface area contributed by atoms with Gasteiger partial charge in [0.2, 0.25) is 0 Å². The highest BCUT2D eigenvalue weighted by Crippen LogP contribution is 2.32. The van der Waals surface area contributed by atoms with Crippen LogP contribution in [0.1, 0.15) is 16.8 Å². The molecule has 3 aromatic carbocycles. The van der Waals surface area contributed by atoms with Crippen molar-refractivity contribution in [1.82, 2.24) is 19.9 Å². The first kappa shape index (κ1) is 23.6. The Morgan fingerprint density at radius 2 is 1.63 bits per heavy atom. The highest BCUT2D eigenvalue weighted by Gasteiger charge is 2.27. The number of carbonyl (C=O) groups is 1. The number of anilines is 1. The lowest BCUT2D eigenvalue weighted by Crippen LogP contribution is -2.39. The number of hydrogen-bond donors (Lipinski definition) is 1. The molecule has 0 radical (unpaired) electrons. The van der Waals surface area contributed by atoms with E-state index in [1.807, 2.05) is 71.6 Å². The van der Waals surface area contributed by atoms with E-state index in [9.17, 15) is 4.79 Å². The molecule has 2 amide bonds. The van der Waals surface area contributed by atoms with Gasteiger partial charge in [0.15, 0.2) is 5.82 Å². The molecule has 2 aromatic heterocycles. The summed E-state index contributed by atoms with van der Waals surface area (Å²) in [6.45, 7) is 3.10. The normalized spacial score (nSPS) is 12.6. The van der Waals surface area contributed by atoms with Gasteiger partial charge in [-0.25, -0.2) is 14.8 Å². The Morgan fingerprint density at radius 1 is 0.842 bits per heavy atom. The van der Waals surface area contributed by atoms with Crippen LogP contribution in [0.5, 0.6) is 0 Å². The molecule has 0 aliphatic carbocycles. The number of nitrogens with zero attached hydrogens (tertiary/aromatic N) is 4. The molecule has 6 rings (SSSR count). The molecule has 3 heterocycles. The molecule has 0 spiro atoms. The molecule has 1 aliphatic heterocycles. The zero-order valence-corrected chi connectivity index (χ0v) is 21.1. The summed E-state index contributed by atoms with van der Waals surface area (Å²) in [4.78, 5) is 29.4. The molecule has 5 aromatic rings. The van der Waals surface area contributed by atoms with Crippen molar-refractivity contribution in [3.05, 3.63) is 120 Å². The average Bonchev–Trinajstić information content (AvgIpc) is 2.98. The topological polar surface area (TPSA) is 71.0 Å². The molecule has 6 nitrogen and oxygen atoms in total. The van der Waals surface area contributed by atoms with Crippen molar-refractivity contribution in [3.8, 4) is 33.8 Å². The van der Waals surface area contributed by atoms with Crippen LogP contribution in [-0.4, -0.2) is 32.4 Å². The predicted molar refractivity (Wildman–Crippen MR) is 150 cm³/mol. The number of amides is 2. The van der Waals surface area contributed by atoms with Gasteiger partial charge in [0, 0.05) is 47.7 Å². The maximum atomic E-state index is 13.4. The van der Waals surface area contributed by atoms with Gasteiger partial charge in [-0.1, -0.05) is 66.7 Å². The van der Waals surface area contributed by atoms with Crippen LogP contribution in [0.15, 0.2) is 103 Å². The minimum absolute atomic E-state index is 0.132. The van der Waals surface area contributed by atoms with E-state index in [4.69, 9.17) is 9.97 Å². The summed E-state index contributed by atoms with van der Waals surface area (Å²) in [5, 5.41) is 3.10. The lowest BCUT2D eigenvalue weighted by atomic mass is 9.96. The molecule has 0 saturated heterocycles. The fraction of sp³-hybridized carbons (Fsp3) is 0.125. The highest BCUT2D eigenvalue weighted by molar-refractivity contribution is 5.90. The number of hydrogen-bond acceptors (Lipinski definition) is 4. The molecule has 0 saturated carbocycles. The van der Waals surface area contributed by atoms with Crippen LogP contribution < -0.4 is 5.32 Å². The van der Waals surface area contributed by atoms with Crippen LogP contribution >= 0.6 is 0 Å². The molecular weight excluding hydrogens is 470 g/mol. The first-order valence-electron chi connectivity index (χ1n) is 12.7. The number of pyridine rings is 1. The van der Waals surface area contributed by atoms with Gasteiger partial charge in [-0.2, -0.15) is 0 Å². The van der Waals surface area contributed by atoms with E-state index >= 15 is 0 Å². The van der Waals surface area contributed by atoms with E-state index in [0.29, 0.717) is 25.3 Å². The SMILES string of the molecule is Cc1ccccc1-c1nc(-c2cccnc2)nc2c1CN(C(=O)Nc1cccc(-c3ccccc3)c1)CC2. The number of rotatable bonds is 4. The second-order valence-electron chi connectivity index (χ2n) is 9.43. The van der Waals surface area contributed by atoms with Crippen LogP contribution in [0.3, 0.4) is 0 Å². The van der Waals surface area contributed by atoms with Gasteiger partial charge in [-0.05, 0) is 47.9 Å². The van der Waals surface area contributed by atoms with Crippen molar-refractivity contribution in [3.63, 3.8) is 0 Å². The number of aryl methyl sites for hydroxylation is 1. The molecule has 38 heavy (non-hydrogen) atoms. The summed E-state index contributed by atoms with van der Waals surface area (Å²) in [5.74, 6) is 0.658. The maximum absolute atomic E-state index is 13.4. The van der Waals surface area contributed by atoms with Gasteiger partial charge in [0.1, 0.15) is 0 Å². The molecule has 0 bridgehead atoms. The first-order valence-corrected chi connectivity index (χ1v) is 12.7. The minimum atomic E-state index is -0.132. The summed E-state index contributed by atoms with van der Waals surface area (Å²) in [5.41, 5.74) is 8.84. The molecule has 186 valence electrons. The molecular formula is C32H27N5O. The van der Waals surface area contributed by atoms with Crippen LogP contribution in [0.25, 0.3) is 33.8 Å². The Bertz CT molecular complexity index is 1600. The van der Waals surface area contributed by atoms with Crippen molar-refractivity contribution in [2.24, 2.45) is 0 Å². The number of urea groups is 1. The number of aromatic nitrogens is 3. The van der Waals surface area contributed by atoms with Gasteiger partial charge in [0.25, 0.3) is 0 Å². The zero-order valence-electron chi connectivity index (χ0n) is 21.1. The molecule has 0 atom stereocenters. The molecule has 0 unspecified atom stereocenters. The van der Waals surface area contributed by atoms with E-state index in [0.717, 1.165) is 50.5 Å². The Labute approximate surface area is 222 Å².